The van der Waals surface area contributed by atoms with Crippen molar-refractivity contribution >= 4 is 11.9 Å². The number of rotatable bonds is 1. The van der Waals surface area contributed by atoms with Gasteiger partial charge in [-0.15, -0.1) is 0 Å². The minimum absolute atomic E-state index is 0.0434. The van der Waals surface area contributed by atoms with Gasteiger partial charge >= 0.3 is 11.9 Å². The summed E-state index contributed by atoms with van der Waals surface area (Å²) in [7, 11) is 0. The maximum atomic E-state index is 12.2. The average molecular weight is 332 g/mol. The molecule has 5 rings (SSSR count). The molecule has 2 fully saturated rings. The quantitative estimate of drug-likeness (QED) is 0.748. The van der Waals surface area contributed by atoms with Crippen LogP contribution in [0.3, 0.4) is 0 Å². The van der Waals surface area contributed by atoms with Gasteiger partial charge in [0.25, 0.3) is 0 Å². The highest BCUT2D eigenvalue weighted by atomic mass is 16.6. The summed E-state index contributed by atoms with van der Waals surface area (Å²) in [6.45, 7) is 6.56. The lowest BCUT2D eigenvalue weighted by molar-refractivity contribution is -0.180. The van der Waals surface area contributed by atoms with Gasteiger partial charge in [-0.05, 0) is 49.7 Å². The SMILES string of the molecule is CC1=C[C@@]2(C=C(C(=O)O)[C@@]34CCCC(C)(C)[C@@H]3C[C@@H]2OC4)OC1=O. The predicted molar refractivity (Wildman–Crippen MR) is 86.2 cm³/mol. The van der Waals surface area contributed by atoms with E-state index in [1.807, 2.05) is 0 Å². The molecule has 2 aliphatic carbocycles. The first kappa shape index (κ1) is 15.9. The van der Waals surface area contributed by atoms with E-state index in [4.69, 9.17) is 9.47 Å². The zero-order valence-electron chi connectivity index (χ0n) is 14.4. The number of carboxylic acids is 1. The molecule has 1 N–H and O–H groups in total. The molecule has 0 aromatic heterocycles. The Labute approximate surface area is 141 Å². The number of aliphatic carboxylic acids is 1. The third kappa shape index (κ3) is 1.91. The van der Waals surface area contributed by atoms with Crippen LogP contribution in [0.1, 0.15) is 46.5 Å². The lowest BCUT2D eigenvalue weighted by atomic mass is 9.52. The van der Waals surface area contributed by atoms with E-state index in [0.717, 1.165) is 25.7 Å². The van der Waals surface area contributed by atoms with Crippen molar-refractivity contribution in [3.05, 3.63) is 23.3 Å². The summed E-state index contributed by atoms with van der Waals surface area (Å²) in [6.07, 6.45) is 6.74. The van der Waals surface area contributed by atoms with E-state index >= 15 is 0 Å². The van der Waals surface area contributed by atoms with Crippen LogP contribution in [0.25, 0.3) is 0 Å². The molecule has 2 spiro atoms. The Hall–Kier alpha value is -1.62. The van der Waals surface area contributed by atoms with Crippen LogP contribution in [0.2, 0.25) is 0 Å². The fourth-order valence-electron chi connectivity index (χ4n) is 5.55. The number of carbonyl (C=O) groups excluding carboxylic acids is 1. The minimum Gasteiger partial charge on any atom is -0.478 e. The lowest BCUT2D eigenvalue weighted by Crippen LogP contribution is -2.55. The van der Waals surface area contributed by atoms with Crippen LogP contribution < -0.4 is 0 Å². The number of fused-ring (bicyclic) bond motifs is 1. The van der Waals surface area contributed by atoms with E-state index in [0.29, 0.717) is 17.8 Å². The van der Waals surface area contributed by atoms with Crippen molar-refractivity contribution in [2.45, 2.75) is 58.2 Å². The Kier molecular flexibility index (Phi) is 3.12. The van der Waals surface area contributed by atoms with Gasteiger partial charge in [0.05, 0.1) is 6.61 Å². The summed E-state index contributed by atoms with van der Waals surface area (Å²) < 4.78 is 11.8. The Morgan fingerprint density at radius 2 is 2.04 bits per heavy atom. The summed E-state index contributed by atoms with van der Waals surface area (Å²) in [4.78, 5) is 24.2. The third-order valence-corrected chi connectivity index (χ3v) is 6.72. The van der Waals surface area contributed by atoms with Crippen LogP contribution in [-0.2, 0) is 19.1 Å². The normalized spacial score (nSPS) is 42.9. The van der Waals surface area contributed by atoms with Crippen molar-refractivity contribution < 1.29 is 24.2 Å². The zero-order valence-corrected chi connectivity index (χ0v) is 14.4. The molecule has 2 bridgehead atoms. The Morgan fingerprint density at radius 3 is 2.67 bits per heavy atom. The second kappa shape index (κ2) is 4.72. The maximum Gasteiger partial charge on any atom is 0.334 e. The van der Waals surface area contributed by atoms with E-state index in [2.05, 4.69) is 13.8 Å². The van der Waals surface area contributed by atoms with Crippen molar-refractivity contribution in [2.75, 3.05) is 6.61 Å². The fourth-order valence-corrected chi connectivity index (χ4v) is 5.55. The largest absolute Gasteiger partial charge is 0.478 e. The van der Waals surface area contributed by atoms with E-state index in [1.165, 1.54) is 0 Å². The molecule has 4 atom stereocenters. The number of carboxylic acid groups (broad SMARTS) is 1. The molecule has 0 aromatic carbocycles. The zero-order chi connectivity index (χ0) is 17.3. The first-order valence-corrected chi connectivity index (χ1v) is 8.71. The van der Waals surface area contributed by atoms with Gasteiger partial charge in [-0.25, -0.2) is 9.59 Å². The molecule has 0 amide bonds. The molecule has 24 heavy (non-hydrogen) atoms. The van der Waals surface area contributed by atoms with Gasteiger partial charge in [-0.1, -0.05) is 20.3 Å². The van der Waals surface area contributed by atoms with Gasteiger partial charge in [-0.2, -0.15) is 0 Å². The predicted octanol–water partition coefficient (Wildman–Crippen LogP) is 2.85. The summed E-state index contributed by atoms with van der Waals surface area (Å²) in [6, 6.07) is 0. The van der Waals surface area contributed by atoms with Gasteiger partial charge in [0.15, 0.2) is 5.60 Å². The monoisotopic (exact) mass is 332 g/mol. The summed E-state index contributed by atoms with van der Waals surface area (Å²) in [5, 5.41) is 9.98. The number of ether oxygens (including phenoxy) is 2. The van der Waals surface area contributed by atoms with Crippen molar-refractivity contribution in [3.8, 4) is 0 Å². The topological polar surface area (TPSA) is 72.8 Å². The van der Waals surface area contributed by atoms with E-state index in [-0.39, 0.29) is 23.4 Å². The highest BCUT2D eigenvalue weighted by molar-refractivity contribution is 5.93. The minimum atomic E-state index is -1.06. The first-order chi connectivity index (χ1) is 11.2. The standard InChI is InChI=1S/C19H24O5/c1-11-8-19(24-16(11)22)9-12(15(20)21)18-6-4-5-17(2,3)13(18)7-14(19)23-10-18/h8-9,13-14H,4-7,10H2,1-3H3,(H,20,21)/t13-,14-,18-,19-/m0/s1. The Balaban J connectivity index is 1.92. The van der Waals surface area contributed by atoms with Crippen LogP contribution in [0.15, 0.2) is 23.3 Å². The second-order valence-electron chi connectivity index (χ2n) is 8.52. The number of carbonyl (C=O) groups is 2. The first-order valence-electron chi connectivity index (χ1n) is 8.71. The summed E-state index contributed by atoms with van der Waals surface area (Å²) >= 11 is 0. The smallest absolute Gasteiger partial charge is 0.334 e. The highest BCUT2D eigenvalue weighted by Gasteiger charge is 2.63. The number of esters is 1. The average Bonchev–Trinajstić information content (AvgIpc) is 2.65. The maximum absolute atomic E-state index is 12.2. The highest BCUT2D eigenvalue weighted by Crippen LogP contribution is 2.62. The molecule has 5 aliphatic rings. The van der Waals surface area contributed by atoms with Crippen LogP contribution in [0.5, 0.6) is 0 Å². The lowest BCUT2D eigenvalue weighted by Gasteiger charge is -2.55. The van der Waals surface area contributed by atoms with E-state index < -0.39 is 17.0 Å². The van der Waals surface area contributed by atoms with Gasteiger partial charge < -0.3 is 14.6 Å². The van der Waals surface area contributed by atoms with Crippen molar-refractivity contribution in [1.82, 2.24) is 0 Å². The van der Waals surface area contributed by atoms with Crippen LogP contribution in [-0.4, -0.2) is 35.4 Å². The molecule has 3 aliphatic heterocycles. The van der Waals surface area contributed by atoms with Crippen LogP contribution in [0, 0.1) is 16.7 Å². The molecule has 5 heteroatoms. The molecular weight excluding hydrogens is 308 g/mol. The Bertz CT molecular complexity index is 688. The molecule has 1 saturated heterocycles. The molecule has 0 unspecified atom stereocenters. The van der Waals surface area contributed by atoms with E-state index in [9.17, 15) is 14.7 Å². The van der Waals surface area contributed by atoms with E-state index in [1.54, 1.807) is 19.1 Å². The number of hydrogen-bond donors (Lipinski definition) is 1. The van der Waals surface area contributed by atoms with Gasteiger partial charge in [0.2, 0.25) is 0 Å². The molecular formula is C19H24O5. The molecule has 0 aromatic rings. The van der Waals surface area contributed by atoms with Crippen LogP contribution >= 0.6 is 0 Å². The van der Waals surface area contributed by atoms with Gasteiger partial charge in [0, 0.05) is 16.6 Å². The fraction of sp³-hybridized carbons (Fsp3) is 0.684. The van der Waals surface area contributed by atoms with Crippen LogP contribution in [0.4, 0.5) is 0 Å². The Morgan fingerprint density at radius 1 is 1.29 bits per heavy atom. The molecule has 130 valence electrons. The summed E-state index contributed by atoms with van der Waals surface area (Å²) in [5.74, 6) is -1.09. The third-order valence-electron chi connectivity index (χ3n) is 6.72. The van der Waals surface area contributed by atoms with Crippen molar-refractivity contribution in [1.29, 1.82) is 0 Å². The number of hydrogen-bond acceptors (Lipinski definition) is 4. The second-order valence-corrected chi connectivity index (χ2v) is 8.52. The molecule has 3 heterocycles. The summed E-state index contributed by atoms with van der Waals surface area (Å²) in [5.41, 5.74) is -0.610. The molecule has 1 saturated carbocycles. The van der Waals surface area contributed by atoms with Gasteiger partial charge in [0.1, 0.15) is 6.10 Å². The molecule has 0 radical (unpaired) electrons. The van der Waals surface area contributed by atoms with Gasteiger partial charge in [-0.3, -0.25) is 0 Å². The molecule has 5 nitrogen and oxygen atoms in total. The van der Waals surface area contributed by atoms with Crippen molar-refractivity contribution in [2.24, 2.45) is 16.7 Å². The van der Waals surface area contributed by atoms with Crippen molar-refractivity contribution in [3.63, 3.8) is 0 Å².